The van der Waals surface area contributed by atoms with E-state index in [4.69, 9.17) is 0 Å². The minimum atomic E-state index is -0.505. The molecule has 1 aromatic carbocycles. The second kappa shape index (κ2) is 6.25. The number of nitro groups is 1. The lowest BCUT2D eigenvalue weighted by Crippen LogP contribution is -2.30. The van der Waals surface area contributed by atoms with E-state index in [1.807, 2.05) is 19.2 Å². The summed E-state index contributed by atoms with van der Waals surface area (Å²) in [5, 5.41) is 18.1. The van der Waals surface area contributed by atoms with E-state index in [2.05, 4.69) is 10.4 Å². The second-order valence-corrected chi connectivity index (χ2v) is 4.54. The monoisotopic (exact) mass is 278 g/mol. The third-order valence-electron chi connectivity index (χ3n) is 2.90. The Hall–Kier alpha value is -2.28. The van der Waals surface area contributed by atoms with Gasteiger partial charge in [-0.05, 0) is 25.1 Å². The predicted octanol–water partition coefficient (Wildman–Crippen LogP) is 2.11. The number of nitro benzene ring substituents is 1. The molecule has 0 radical (unpaired) electrons. The summed E-state index contributed by atoms with van der Waals surface area (Å²) < 4.78 is 14.9. The van der Waals surface area contributed by atoms with Crippen LogP contribution in [0.4, 0.5) is 10.1 Å². The summed E-state index contributed by atoms with van der Waals surface area (Å²) in [7, 11) is 0. The molecule has 6 nitrogen and oxygen atoms in total. The molecule has 0 aliphatic rings. The number of aromatic nitrogens is 2. The van der Waals surface area contributed by atoms with Crippen LogP contribution in [0.25, 0.3) is 0 Å². The van der Waals surface area contributed by atoms with E-state index in [-0.39, 0.29) is 18.3 Å². The fourth-order valence-corrected chi connectivity index (χ4v) is 1.91. The van der Waals surface area contributed by atoms with Gasteiger partial charge in [-0.3, -0.25) is 14.8 Å². The van der Waals surface area contributed by atoms with Gasteiger partial charge < -0.3 is 5.32 Å². The van der Waals surface area contributed by atoms with Gasteiger partial charge in [0, 0.05) is 36.6 Å². The van der Waals surface area contributed by atoms with E-state index < -0.39 is 10.7 Å². The van der Waals surface area contributed by atoms with Crippen molar-refractivity contribution in [2.24, 2.45) is 0 Å². The number of rotatable bonds is 6. The first-order valence-corrected chi connectivity index (χ1v) is 6.20. The number of nitrogens with one attached hydrogen (secondary N) is 1. The summed E-state index contributed by atoms with van der Waals surface area (Å²) >= 11 is 0. The summed E-state index contributed by atoms with van der Waals surface area (Å²) in [4.78, 5) is 10.4. The van der Waals surface area contributed by atoms with Crippen molar-refractivity contribution in [2.75, 3.05) is 0 Å². The lowest BCUT2D eigenvalue weighted by molar-refractivity contribution is -0.385. The Bertz CT molecular complexity index is 586. The van der Waals surface area contributed by atoms with Crippen molar-refractivity contribution >= 4 is 5.69 Å². The second-order valence-electron chi connectivity index (χ2n) is 4.54. The lowest BCUT2D eigenvalue weighted by Gasteiger charge is -2.14. The zero-order valence-corrected chi connectivity index (χ0v) is 11.0. The molecule has 2 aromatic rings. The van der Waals surface area contributed by atoms with E-state index in [1.54, 1.807) is 10.9 Å². The van der Waals surface area contributed by atoms with Crippen LogP contribution in [0.5, 0.6) is 0 Å². The molecule has 1 N–H and O–H groups in total. The fraction of sp³-hybridized carbons (Fsp3) is 0.308. The van der Waals surface area contributed by atoms with Crippen LogP contribution in [0, 0.1) is 15.9 Å². The van der Waals surface area contributed by atoms with Crippen LogP contribution in [0.1, 0.15) is 12.5 Å². The molecule has 0 saturated heterocycles. The molecular weight excluding hydrogens is 263 g/mol. The van der Waals surface area contributed by atoms with Crippen molar-refractivity contribution < 1.29 is 9.31 Å². The van der Waals surface area contributed by atoms with Crippen LogP contribution in [-0.4, -0.2) is 20.7 Å². The topological polar surface area (TPSA) is 73.0 Å². The van der Waals surface area contributed by atoms with E-state index in [1.165, 1.54) is 12.1 Å². The summed E-state index contributed by atoms with van der Waals surface area (Å²) in [5.41, 5.74) is 0.257. The highest BCUT2D eigenvalue weighted by Crippen LogP contribution is 2.19. The van der Waals surface area contributed by atoms with Gasteiger partial charge in [0.05, 0.1) is 11.5 Å². The van der Waals surface area contributed by atoms with E-state index >= 15 is 0 Å². The molecule has 1 unspecified atom stereocenters. The van der Waals surface area contributed by atoms with E-state index in [0.717, 1.165) is 6.07 Å². The Morgan fingerprint density at radius 3 is 3.00 bits per heavy atom. The SMILES string of the molecule is CC(Cn1cccn1)NCc1cc(F)ccc1[N+](=O)[O-]. The van der Waals surface area contributed by atoms with Crippen molar-refractivity contribution in [3.63, 3.8) is 0 Å². The van der Waals surface area contributed by atoms with Crippen molar-refractivity contribution in [3.8, 4) is 0 Å². The third-order valence-corrected chi connectivity index (χ3v) is 2.90. The molecule has 7 heteroatoms. The molecule has 0 amide bonds. The zero-order chi connectivity index (χ0) is 14.5. The third kappa shape index (κ3) is 3.61. The van der Waals surface area contributed by atoms with Crippen LogP contribution >= 0.6 is 0 Å². The quantitative estimate of drug-likeness (QED) is 0.648. The minimum absolute atomic E-state index is 0.0535. The highest BCUT2D eigenvalue weighted by Gasteiger charge is 2.15. The summed E-state index contributed by atoms with van der Waals surface area (Å²) in [6, 6.07) is 5.34. The summed E-state index contributed by atoms with van der Waals surface area (Å²) in [6.45, 7) is 2.80. The van der Waals surface area contributed by atoms with Gasteiger partial charge in [0.1, 0.15) is 5.82 Å². The van der Waals surface area contributed by atoms with Gasteiger partial charge in [-0.25, -0.2) is 4.39 Å². The Morgan fingerprint density at radius 2 is 2.35 bits per heavy atom. The van der Waals surface area contributed by atoms with Crippen LogP contribution in [-0.2, 0) is 13.1 Å². The molecule has 1 atom stereocenters. The average Bonchev–Trinajstić information content (AvgIpc) is 2.89. The van der Waals surface area contributed by atoms with E-state index in [0.29, 0.717) is 12.1 Å². The first kappa shape index (κ1) is 14.1. The molecule has 0 aliphatic heterocycles. The number of benzene rings is 1. The van der Waals surface area contributed by atoms with Crippen LogP contribution < -0.4 is 5.32 Å². The molecule has 0 fully saturated rings. The molecule has 1 heterocycles. The Balaban J connectivity index is 1.99. The number of halogens is 1. The van der Waals surface area contributed by atoms with Gasteiger partial charge in [0.15, 0.2) is 0 Å². The molecule has 1 aromatic heterocycles. The van der Waals surface area contributed by atoms with Gasteiger partial charge in [-0.2, -0.15) is 5.10 Å². The number of hydrogen-bond donors (Lipinski definition) is 1. The number of nitrogens with zero attached hydrogens (tertiary/aromatic N) is 3. The smallest absolute Gasteiger partial charge is 0.274 e. The van der Waals surface area contributed by atoms with Crippen molar-refractivity contribution in [1.29, 1.82) is 0 Å². The van der Waals surface area contributed by atoms with Crippen LogP contribution in [0.2, 0.25) is 0 Å². The average molecular weight is 278 g/mol. The zero-order valence-electron chi connectivity index (χ0n) is 11.0. The standard InChI is InChI=1S/C13H15FN4O2/c1-10(9-17-6-2-5-16-17)15-8-11-7-12(14)3-4-13(11)18(19)20/h2-7,10,15H,8-9H2,1H3. The first-order valence-electron chi connectivity index (χ1n) is 6.20. The van der Waals surface area contributed by atoms with Gasteiger partial charge in [0.25, 0.3) is 5.69 Å². The molecule has 2 rings (SSSR count). The molecule has 0 spiro atoms. The maximum Gasteiger partial charge on any atom is 0.274 e. The lowest BCUT2D eigenvalue weighted by atomic mass is 10.1. The van der Waals surface area contributed by atoms with Crippen molar-refractivity contribution in [1.82, 2.24) is 15.1 Å². The molecule has 106 valence electrons. The Labute approximate surface area is 115 Å². The van der Waals surface area contributed by atoms with Gasteiger partial charge in [-0.1, -0.05) is 0 Å². The minimum Gasteiger partial charge on any atom is -0.308 e. The Kier molecular flexibility index (Phi) is 4.41. The molecule has 0 aliphatic carbocycles. The Morgan fingerprint density at radius 1 is 1.55 bits per heavy atom. The maximum atomic E-state index is 13.2. The molecular formula is C13H15FN4O2. The normalized spacial score (nSPS) is 12.3. The van der Waals surface area contributed by atoms with Gasteiger partial charge >= 0.3 is 0 Å². The first-order chi connectivity index (χ1) is 9.56. The number of hydrogen-bond acceptors (Lipinski definition) is 4. The molecule has 20 heavy (non-hydrogen) atoms. The van der Waals surface area contributed by atoms with Gasteiger partial charge in [-0.15, -0.1) is 0 Å². The van der Waals surface area contributed by atoms with Crippen LogP contribution in [0.3, 0.4) is 0 Å². The molecule has 0 bridgehead atoms. The maximum absolute atomic E-state index is 13.2. The predicted molar refractivity (Wildman–Crippen MR) is 71.6 cm³/mol. The van der Waals surface area contributed by atoms with Crippen LogP contribution in [0.15, 0.2) is 36.7 Å². The largest absolute Gasteiger partial charge is 0.308 e. The highest BCUT2D eigenvalue weighted by atomic mass is 19.1. The summed E-state index contributed by atoms with van der Waals surface area (Å²) in [5.74, 6) is -0.480. The van der Waals surface area contributed by atoms with Gasteiger partial charge in [0.2, 0.25) is 0 Å². The summed E-state index contributed by atoms with van der Waals surface area (Å²) in [6.07, 6.45) is 3.52. The van der Waals surface area contributed by atoms with Crippen molar-refractivity contribution in [3.05, 3.63) is 58.2 Å². The van der Waals surface area contributed by atoms with E-state index in [9.17, 15) is 14.5 Å². The van der Waals surface area contributed by atoms with Crippen molar-refractivity contribution in [2.45, 2.75) is 26.1 Å². The fourth-order valence-electron chi connectivity index (χ4n) is 1.91. The molecule has 0 saturated carbocycles. The highest BCUT2D eigenvalue weighted by molar-refractivity contribution is 5.40.